The van der Waals surface area contributed by atoms with Gasteiger partial charge in [-0.25, -0.2) is 0 Å². The quantitative estimate of drug-likeness (QED) is 0.744. The van der Waals surface area contributed by atoms with Gasteiger partial charge in [-0.15, -0.1) is 10.2 Å². The zero-order valence-corrected chi connectivity index (χ0v) is 10.5. The molecule has 1 atom stereocenters. The molecule has 1 aliphatic heterocycles. The molecule has 0 saturated heterocycles. The third-order valence-corrected chi connectivity index (χ3v) is 3.62. The highest BCUT2D eigenvalue weighted by Gasteiger charge is 2.23. The second-order valence-electron chi connectivity index (χ2n) is 4.89. The Hall–Kier alpha value is -2.08. The van der Waals surface area contributed by atoms with E-state index in [1.807, 2.05) is 4.57 Å². The first-order valence-electron chi connectivity index (χ1n) is 6.33. The topological polar surface area (TPSA) is 97.2 Å². The Morgan fingerprint density at radius 3 is 2.89 bits per heavy atom. The second kappa shape index (κ2) is 4.55. The zero-order chi connectivity index (χ0) is 13.4. The van der Waals surface area contributed by atoms with Gasteiger partial charge in [-0.05, 0) is 31.0 Å². The number of aromatic hydroxyl groups is 2. The van der Waals surface area contributed by atoms with Crippen LogP contribution in [0.25, 0.3) is 11.4 Å². The Bertz CT molecular complexity index is 609. The molecule has 4 N–H and O–H groups in total. The van der Waals surface area contributed by atoms with Crippen molar-refractivity contribution in [2.45, 2.75) is 19.4 Å². The Morgan fingerprint density at radius 1 is 1.32 bits per heavy atom. The Labute approximate surface area is 110 Å². The van der Waals surface area contributed by atoms with E-state index in [1.54, 1.807) is 6.07 Å². The standard InChI is InChI=1S/C13H16N4O2/c14-7-8-3-4-17-12(5-8)15-16-13(17)10-2-1-9(18)6-11(10)19/h1-2,6,8,18-19H,3-5,7,14H2. The molecule has 100 valence electrons. The van der Waals surface area contributed by atoms with Gasteiger partial charge in [-0.3, -0.25) is 0 Å². The van der Waals surface area contributed by atoms with E-state index in [0.29, 0.717) is 23.9 Å². The van der Waals surface area contributed by atoms with Crippen molar-refractivity contribution in [3.8, 4) is 22.9 Å². The summed E-state index contributed by atoms with van der Waals surface area (Å²) in [6.45, 7) is 1.46. The molecule has 1 aliphatic rings. The van der Waals surface area contributed by atoms with Crippen LogP contribution in [0.3, 0.4) is 0 Å². The molecule has 3 rings (SSSR count). The molecular weight excluding hydrogens is 244 g/mol. The molecule has 19 heavy (non-hydrogen) atoms. The zero-order valence-electron chi connectivity index (χ0n) is 10.5. The van der Waals surface area contributed by atoms with Crippen molar-refractivity contribution in [2.24, 2.45) is 11.7 Å². The van der Waals surface area contributed by atoms with E-state index < -0.39 is 0 Å². The fourth-order valence-corrected chi connectivity index (χ4v) is 2.50. The Morgan fingerprint density at radius 2 is 2.16 bits per heavy atom. The van der Waals surface area contributed by atoms with Crippen molar-refractivity contribution in [3.63, 3.8) is 0 Å². The highest BCUT2D eigenvalue weighted by Crippen LogP contribution is 2.33. The predicted octanol–water partition coefficient (Wildman–Crippen LogP) is 0.877. The number of nitrogens with two attached hydrogens (primary N) is 1. The lowest BCUT2D eigenvalue weighted by atomic mass is 9.98. The van der Waals surface area contributed by atoms with E-state index in [4.69, 9.17) is 5.73 Å². The van der Waals surface area contributed by atoms with Crippen LogP contribution in [0.15, 0.2) is 18.2 Å². The normalized spacial score (nSPS) is 18.3. The van der Waals surface area contributed by atoms with Crippen LogP contribution < -0.4 is 5.73 Å². The van der Waals surface area contributed by atoms with E-state index >= 15 is 0 Å². The van der Waals surface area contributed by atoms with Crippen molar-refractivity contribution >= 4 is 0 Å². The molecule has 0 saturated carbocycles. The van der Waals surface area contributed by atoms with Crippen LogP contribution in [0, 0.1) is 5.92 Å². The fourth-order valence-electron chi connectivity index (χ4n) is 2.50. The molecule has 1 aromatic carbocycles. The highest BCUT2D eigenvalue weighted by atomic mass is 16.3. The van der Waals surface area contributed by atoms with Gasteiger partial charge >= 0.3 is 0 Å². The molecule has 2 aromatic rings. The largest absolute Gasteiger partial charge is 0.508 e. The van der Waals surface area contributed by atoms with Crippen molar-refractivity contribution in [1.82, 2.24) is 14.8 Å². The van der Waals surface area contributed by atoms with Crippen LogP contribution in [-0.4, -0.2) is 31.5 Å². The summed E-state index contributed by atoms with van der Waals surface area (Å²) in [7, 11) is 0. The Balaban J connectivity index is 2.01. The lowest BCUT2D eigenvalue weighted by Crippen LogP contribution is -2.25. The summed E-state index contributed by atoms with van der Waals surface area (Å²) in [5.41, 5.74) is 6.28. The van der Waals surface area contributed by atoms with E-state index in [0.717, 1.165) is 25.2 Å². The van der Waals surface area contributed by atoms with Crippen LogP contribution in [0.2, 0.25) is 0 Å². The minimum absolute atomic E-state index is 0.0103. The summed E-state index contributed by atoms with van der Waals surface area (Å²) in [6, 6.07) is 4.49. The van der Waals surface area contributed by atoms with E-state index in [-0.39, 0.29) is 11.5 Å². The first kappa shape index (κ1) is 12.0. The lowest BCUT2D eigenvalue weighted by Gasteiger charge is -2.22. The molecule has 0 amide bonds. The first-order chi connectivity index (χ1) is 9.19. The number of aromatic nitrogens is 3. The molecule has 0 radical (unpaired) electrons. The van der Waals surface area contributed by atoms with Gasteiger partial charge in [0.05, 0.1) is 5.56 Å². The summed E-state index contributed by atoms with van der Waals surface area (Å²) in [4.78, 5) is 0. The minimum Gasteiger partial charge on any atom is -0.508 e. The van der Waals surface area contributed by atoms with Gasteiger partial charge in [-0.2, -0.15) is 0 Å². The third-order valence-electron chi connectivity index (χ3n) is 3.62. The lowest BCUT2D eigenvalue weighted by molar-refractivity contribution is 0.391. The van der Waals surface area contributed by atoms with Gasteiger partial charge in [0.1, 0.15) is 17.3 Å². The number of hydrogen-bond donors (Lipinski definition) is 3. The maximum atomic E-state index is 9.90. The van der Waals surface area contributed by atoms with Gasteiger partial charge in [0, 0.05) is 19.0 Å². The van der Waals surface area contributed by atoms with Crippen LogP contribution >= 0.6 is 0 Å². The summed E-state index contributed by atoms with van der Waals surface area (Å²) in [5, 5.41) is 27.6. The molecule has 6 nitrogen and oxygen atoms in total. The molecule has 0 aliphatic carbocycles. The van der Waals surface area contributed by atoms with Crippen molar-refractivity contribution in [2.75, 3.05) is 6.54 Å². The molecule has 0 fully saturated rings. The highest BCUT2D eigenvalue weighted by molar-refractivity contribution is 5.65. The monoisotopic (exact) mass is 260 g/mol. The van der Waals surface area contributed by atoms with E-state index in [9.17, 15) is 10.2 Å². The van der Waals surface area contributed by atoms with Gasteiger partial charge in [-0.1, -0.05) is 0 Å². The van der Waals surface area contributed by atoms with Crippen molar-refractivity contribution in [1.29, 1.82) is 0 Å². The fraction of sp³-hybridized carbons (Fsp3) is 0.385. The summed E-state index contributed by atoms with van der Waals surface area (Å²) in [5.74, 6) is 2.05. The molecule has 0 spiro atoms. The van der Waals surface area contributed by atoms with Crippen molar-refractivity contribution < 1.29 is 10.2 Å². The smallest absolute Gasteiger partial charge is 0.167 e. The number of benzene rings is 1. The molecule has 6 heteroatoms. The first-order valence-corrected chi connectivity index (χ1v) is 6.33. The molecule has 1 aromatic heterocycles. The average Bonchev–Trinajstić information content (AvgIpc) is 2.81. The molecular formula is C13H16N4O2. The maximum absolute atomic E-state index is 9.90. The SMILES string of the molecule is NCC1CCn2c(nnc2-c2ccc(O)cc2O)C1. The number of rotatable bonds is 2. The van der Waals surface area contributed by atoms with Crippen LogP contribution in [0.4, 0.5) is 0 Å². The number of nitrogens with zero attached hydrogens (tertiary/aromatic N) is 3. The summed E-state index contributed by atoms with van der Waals surface area (Å²) >= 11 is 0. The minimum atomic E-state index is 0.0103. The molecule has 0 bridgehead atoms. The number of phenols is 2. The summed E-state index contributed by atoms with van der Waals surface area (Å²) in [6.07, 6.45) is 1.82. The Kier molecular flexibility index (Phi) is 2.87. The van der Waals surface area contributed by atoms with Crippen LogP contribution in [-0.2, 0) is 13.0 Å². The molecule has 1 unspecified atom stereocenters. The van der Waals surface area contributed by atoms with Gasteiger partial charge in [0.15, 0.2) is 5.82 Å². The number of fused-ring (bicyclic) bond motifs is 1. The average molecular weight is 260 g/mol. The van der Waals surface area contributed by atoms with Gasteiger partial charge in [0.2, 0.25) is 0 Å². The van der Waals surface area contributed by atoms with Crippen LogP contribution in [0.1, 0.15) is 12.2 Å². The predicted molar refractivity (Wildman–Crippen MR) is 69.7 cm³/mol. The summed E-state index contributed by atoms with van der Waals surface area (Å²) < 4.78 is 2.01. The van der Waals surface area contributed by atoms with Gasteiger partial charge in [0.25, 0.3) is 0 Å². The van der Waals surface area contributed by atoms with Crippen molar-refractivity contribution in [3.05, 3.63) is 24.0 Å². The van der Waals surface area contributed by atoms with Crippen LogP contribution in [0.5, 0.6) is 11.5 Å². The second-order valence-corrected chi connectivity index (χ2v) is 4.89. The van der Waals surface area contributed by atoms with E-state index in [1.165, 1.54) is 12.1 Å². The van der Waals surface area contributed by atoms with Gasteiger partial charge < -0.3 is 20.5 Å². The number of hydrogen-bond acceptors (Lipinski definition) is 5. The number of phenolic OH excluding ortho intramolecular Hbond substituents is 2. The third kappa shape index (κ3) is 2.04. The molecule has 2 heterocycles. The maximum Gasteiger partial charge on any atom is 0.167 e. The van der Waals surface area contributed by atoms with E-state index in [2.05, 4.69) is 10.2 Å².